The van der Waals surface area contributed by atoms with E-state index in [2.05, 4.69) is 15.7 Å². The topological polar surface area (TPSA) is 199 Å². The zero-order valence-electron chi connectivity index (χ0n) is 30.7. The van der Waals surface area contributed by atoms with Gasteiger partial charge in [0.2, 0.25) is 5.66 Å². The molecule has 2 heterocycles. The molecule has 0 aliphatic heterocycles. The van der Waals surface area contributed by atoms with Crippen LogP contribution < -0.4 is 16.3 Å². The molecule has 1 unspecified atom stereocenters. The van der Waals surface area contributed by atoms with Crippen molar-refractivity contribution in [1.82, 2.24) is 29.5 Å². The zero-order valence-corrected chi connectivity index (χ0v) is 30.7. The van der Waals surface area contributed by atoms with Crippen LogP contribution in [0.5, 0.6) is 11.5 Å². The summed E-state index contributed by atoms with van der Waals surface area (Å²) in [5.41, 5.74) is -2.93. The first-order valence-corrected chi connectivity index (χ1v) is 16.6. The Morgan fingerprint density at radius 1 is 0.882 bits per heavy atom. The monoisotopic (exact) mass is 708 g/mol. The maximum atomic E-state index is 14.2. The van der Waals surface area contributed by atoms with Gasteiger partial charge in [0.15, 0.2) is 5.82 Å². The van der Waals surface area contributed by atoms with Crippen LogP contribution >= 0.6 is 0 Å². The van der Waals surface area contributed by atoms with E-state index in [-0.39, 0.29) is 41.8 Å². The third-order valence-electron chi connectivity index (χ3n) is 8.22. The Hall–Kier alpha value is -5.47. The first-order valence-electron chi connectivity index (χ1n) is 16.6. The second-order valence-electron chi connectivity index (χ2n) is 15.0. The van der Waals surface area contributed by atoms with Crippen LogP contribution in [-0.2, 0) is 27.9 Å². The number of aromatic hydroxyl groups is 2. The number of benzene rings is 2. The van der Waals surface area contributed by atoms with E-state index in [1.165, 1.54) is 17.6 Å². The van der Waals surface area contributed by atoms with E-state index in [0.29, 0.717) is 11.3 Å². The Morgan fingerprint density at radius 3 is 2.00 bits per heavy atom. The lowest BCUT2D eigenvalue weighted by atomic mass is 9.90. The predicted octanol–water partition coefficient (Wildman–Crippen LogP) is 5.58. The minimum absolute atomic E-state index is 0.0746. The Bertz CT molecular complexity index is 1980. The predicted molar refractivity (Wildman–Crippen MR) is 190 cm³/mol. The van der Waals surface area contributed by atoms with Gasteiger partial charge in [-0.25, -0.2) is 28.4 Å². The molecule has 276 valence electrons. The number of ether oxygens (including phenoxy) is 2. The van der Waals surface area contributed by atoms with Crippen molar-refractivity contribution in [3.63, 3.8) is 0 Å². The fraction of sp³-hybridized carbons (Fsp3) is 0.472. The number of hydrogen-bond donors (Lipinski definition) is 5. The number of aromatic nitrogens is 4. The largest absolute Gasteiger partial charge is 0.508 e. The molecular formula is C36H48N6O9. The lowest BCUT2D eigenvalue weighted by Crippen LogP contribution is -2.69. The molecule has 51 heavy (non-hydrogen) atoms. The number of carbonyl (C=O) groups excluding carboxylic acids is 2. The fourth-order valence-electron chi connectivity index (χ4n) is 5.66. The van der Waals surface area contributed by atoms with E-state index < -0.39 is 46.6 Å². The van der Waals surface area contributed by atoms with E-state index in [0.717, 1.165) is 15.6 Å². The third kappa shape index (κ3) is 8.47. The highest BCUT2D eigenvalue weighted by Crippen LogP contribution is 2.38. The average molecular weight is 709 g/mol. The SMILES string of the molecule is CC(C)c1cc(-c2nn(CCC(C)C(NC(=O)OC(C)(C)C)(NC(=O)OC(C)(C)C)C(=O)O)c(=O)n2-c2ccc3c(ccn3C)c2)c(O)cc1O. The summed E-state index contributed by atoms with van der Waals surface area (Å²) in [6, 6.07) is 10.1. The number of amides is 2. The number of rotatable bonds is 10. The molecule has 0 radical (unpaired) electrons. The molecule has 15 heteroatoms. The van der Waals surface area contributed by atoms with Gasteiger partial charge in [-0.05, 0) is 89.8 Å². The van der Waals surface area contributed by atoms with Crippen LogP contribution in [0.4, 0.5) is 9.59 Å². The molecule has 0 aliphatic rings. The number of carboxylic acid groups (broad SMARTS) is 1. The number of hydrogen-bond acceptors (Lipinski definition) is 9. The van der Waals surface area contributed by atoms with Gasteiger partial charge in [0, 0.05) is 42.7 Å². The Labute approximate surface area is 295 Å². The third-order valence-corrected chi connectivity index (χ3v) is 8.22. The van der Waals surface area contributed by atoms with Crippen LogP contribution in [0.25, 0.3) is 28.0 Å². The van der Waals surface area contributed by atoms with E-state index in [1.54, 1.807) is 59.7 Å². The molecule has 0 fully saturated rings. The number of carboxylic acids is 1. The van der Waals surface area contributed by atoms with Gasteiger partial charge in [-0.1, -0.05) is 20.8 Å². The highest BCUT2D eigenvalue weighted by molar-refractivity contribution is 5.88. The minimum Gasteiger partial charge on any atom is -0.508 e. The molecule has 4 rings (SSSR count). The van der Waals surface area contributed by atoms with Crippen LogP contribution in [-0.4, -0.2) is 69.3 Å². The van der Waals surface area contributed by atoms with Crippen LogP contribution in [0.1, 0.15) is 80.2 Å². The molecule has 0 aliphatic carbocycles. The summed E-state index contributed by atoms with van der Waals surface area (Å²) in [7, 11) is 1.90. The summed E-state index contributed by atoms with van der Waals surface area (Å²) in [5, 5.41) is 42.2. The maximum Gasteiger partial charge on any atom is 0.409 e. The summed E-state index contributed by atoms with van der Waals surface area (Å²) < 4.78 is 15.0. The number of nitrogens with one attached hydrogen (secondary N) is 2. The number of alkyl carbamates (subject to hydrolysis) is 2. The average Bonchev–Trinajstić information content (AvgIpc) is 3.51. The van der Waals surface area contributed by atoms with Crippen molar-refractivity contribution in [2.24, 2.45) is 13.0 Å². The summed E-state index contributed by atoms with van der Waals surface area (Å²) in [4.78, 5) is 53.1. The molecule has 0 spiro atoms. The Kier molecular flexibility index (Phi) is 10.6. The van der Waals surface area contributed by atoms with Crippen molar-refractivity contribution in [3.8, 4) is 28.6 Å². The molecule has 5 N–H and O–H groups in total. The summed E-state index contributed by atoms with van der Waals surface area (Å²) in [5.74, 6) is -3.16. The molecule has 2 amide bonds. The number of nitrogens with zero attached hydrogens (tertiary/aromatic N) is 4. The number of phenols is 2. The Morgan fingerprint density at radius 2 is 1.47 bits per heavy atom. The lowest BCUT2D eigenvalue weighted by Gasteiger charge is -2.37. The van der Waals surface area contributed by atoms with Gasteiger partial charge in [-0.3, -0.25) is 10.6 Å². The van der Waals surface area contributed by atoms with Gasteiger partial charge in [0.05, 0.1) is 11.3 Å². The summed E-state index contributed by atoms with van der Waals surface area (Å²) in [6.07, 6.45) is -0.423. The number of aryl methyl sites for hydroxylation is 2. The van der Waals surface area contributed by atoms with Crippen molar-refractivity contribution in [3.05, 3.63) is 58.6 Å². The normalized spacial score (nSPS) is 12.9. The molecule has 0 bridgehead atoms. The van der Waals surface area contributed by atoms with Crippen molar-refractivity contribution in [2.45, 2.75) is 98.1 Å². The molecule has 1 atom stereocenters. The van der Waals surface area contributed by atoms with Crippen molar-refractivity contribution >= 4 is 29.1 Å². The van der Waals surface area contributed by atoms with Gasteiger partial charge in [-0.2, -0.15) is 0 Å². The van der Waals surface area contributed by atoms with E-state index >= 15 is 0 Å². The van der Waals surface area contributed by atoms with E-state index in [9.17, 15) is 34.5 Å². The molecule has 4 aromatic rings. The highest BCUT2D eigenvalue weighted by Gasteiger charge is 2.48. The van der Waals surface area contributed by atoms with Crippen molar-refractivity contribution in [1.29, 1.82) is 0 Å². The first-order chi connectivity index (χ1) is 23.5. The smallest absolute Gasteiger partial charge is 0.409 e. The second kappa shape index (κ2) is 14.0. The van der Waals surface area contributed by atoms with Crippen LogP contribution in [0.2, 0.25) is 0 Å². The fourth-order valence-corrected chi connectivity index (χ4v) is 5.66. The molecule has 0 saturated carbocycles. The van der Waals surface area contributed by atoms with E-state index in [1.807, 2.05) is 43.8 Å². The van der Waals surface area contributed by atoms with Crippen molar-refractivity contribution < 1.29 is 39.2 Å². The summed E-state index contributed by atoms with van der Waals surface area (Å²) in [6.45, 7) is 14.7. The van der Waals surface area contributed by atoms with Crippen LogP contribution in [0.3, 0.4) is 0 Å². The number of aliphatic carboxylic acids is 1. The van der Waals surface area contributed by atoms with Gasteiger partial charge < -0.3 is 29.4 Å². The van der Waals surface area contributed by atoms with Crippen molar-refractivity contribution in [2.75, 3.05) is 0 Å². The Balaban J connectivity index is 1.82. The maximum absolute atomic E-state index is 14.2. The number of carbonyl (C=O) groups is 3. The number of fused-ring (bicyclic) bond motifs is 1. The molecular weight excluding hydrogens is 660 g/mol. The second-order valence-corrected chi connectivity index (χ2v) is 15.0. The van der Waals surface area contributed by atoms with Crippen LogP contribution in [0.15, 0.2) is 47.4 Å². The van der Waals surface area contributed by atoms with Gasteiger partial charge in [0.1, 0.15) is 22.7 Å². The molecule has 2 aromatic heterocycles. The summed E-state index contributed by atoms with van der Waals surface area (Å²) >= 11 is 0. The van der Waals surface area contributed by atoms with Crippen LogP contribution in [0, 0.1) is 5.92 Å². The quantitative estimate of drug-likeness (QED) is 0.130. The van der Waals surface area contributed by atoms with E-state index in [4.69, 9.17) is 9.47 Å². The lowest BCUT2D eigenvalue weighted by molar-refractivity contribution is -0.149. The standard InChI is InChI=1S/C36H48N6O9/c1-20(2)24-18-25(28(44)19-27(24)43)29-39-41(33(49)42(29)23-11-12-26-22(17-23)14-15-40(26)10)16-13-21(3)36(30(45)46,37-31(47)50-34(4,5)6)38-32(48)51-35(7,8)9/h11-12,14-15,17-21,43-44H,13,16H2,1-10H3,(H,37,47)(H,38,48)(H,45,46). The van der Waals surface area contributed by atoms with Gasteiger partial charge in [0.25, 0.3) is 0 Å². The highest BCUT2D eigenvalue weighted by atomic mass is 16.6. The molecule has 2 aromatic carbocycles. The first kappa shape index (κ1) is 38.3. The molecule has 0 saturated heterocycles. The zero-order chi connectivity index (χ0) is 38.2. The minimum atomic E-state index is -2.43. The van der Waals surface area contributed by atoms with Gasteiger partial charge >= 0.3 is 23.8 Å². The number of phenolic OH excluding ortho intramolecular Hbond substituents is 2. The molecule has 15 nitrogen and oxygen atoms in total. The van der Waals surface area contributed by atoms with Gasteiger partial charge in [-0.15, -0.1) is 5.10 Å².